The first-order valence-corrected chi connectivity index (χ1v) is 10.4. The standard InChI is InChI=1S/C24H29NO5/c1-3-24(23(26)27)17-20(25-30-24)19-13-14-21(28-2)22(16-19)29-15-9-5-8-12-18-10-6-4-7-11-18/h4,6-7,10-11,13-14,16H,3,5,8-9,12,15,17H2,1-2H3,(H,26,27). The van der Waals surface area contributed by atoms with E-state index in [2.05, 4.69) is 29.4 Å². The summed E-state index contributed by atoms with van der Waals surface area (Å²) in [5, 5.41) is 13.5. The van der Waals surface area contributed by atoms with Gasteiger partial charge >= 0.3 is 5.97 Å². The van der Waals surface area contributed by atoms with Gasteiger partial charge in [0.05, 0.1) is 19.4 Å². The van der Waals surface area contributed by atoms with Gasteiger partial charge in [0.1, 0.15) is 0 Å². The maximum atomic E-state index is 11.6. The second-order valence-corrected chi connectivity index (χ2v) is 7.47. The molecule has 1 unspecified atom stereocenters. The molecule has 0 radical (unpaired) electrons. The molecule has 30 heavy (non-hydrogen) atoms. The van der Waals surface area contributed by atoms with Crippen LogP contribution < -0.4 is 9.47 Å². The van der Waals surface area contributed by atoms with E-state index in [-0.39, 0.29) is 6.42 Å². The van der Waals surface area contributed by atoms with Crippen LogP contribution in [0.2, 0.25) is 0 Å². The largest absolute Gasteiger partial charge is 0.493 e. The average molecular weight is 411 g/mol. The number of unbranched alkanes of at least 4 members (excludes halogenated alkanes) is 2. The Hall–Kier alpha value is -3.02. The van der Waals surface area contributed by atoms with Gasteiger partial charge in [-0.15, -0.1) is 0 Å². The van der Waals surface area contributed by atoms with Crippen LogP contribution in [0.1, 0.15) is 50.2 Å². The fraction of sp³-hybridized carbons (Fsp3) is 0.417. The van der Waals surface area contributed by atoms with Gasteiger partial charge in [-0.3, -0.25) is 0 Å². The number of ether oxygens (including phenoxy) is 2. The highest BCUT2D eigenvalue weighted by Crippen LogP contribution is 2.34. The molecular weight excluding hydrogens is 382 g/mol. The number of methoxy groups -OCH3 is 1. The number of carboxylic acids is 1. The normalized spacial score (nSPS) is 17.9. The fourth-order valence-corrected chi connectivity index (χ4v) is 3.49. The van der Waals surface area contributed by atoms with E-state index in [4.69, 9.17) is 14.3 Å². The minimum absolute atomic E-state index is 0.226. The Morgan fingerprint density at radius 2 is 1.93 bits per heavy atom. The monoisotopic (exact) mass is 411 g/mol. The molecule has 1 N–H and O–H groups in total. The topological polar surface area (TPSA) is 77.4 Å². The molecule has 1 aliphatic rings. The maximum absolute atomic E-state index is 11.6. The highest BCUT2D eigenvalue weighted by molar-refractivity contribution is 6.05. The summed E-state index contributed by atoms with van der Waals surface area (Å²) in [4.78, 5) is 16.9. The Kier molecular flexibility index (Phi) is 7.33. The Morgan fingerprint density at radius 3 is 2.60 bits per heavy atom. The molecule has 1 aliphatic heterocycles. The van der Waals surface area contributed by atoms with Crippen molar-refractivity contribution in [2.24, 2.45) is 5.16 Å². The molecule has 0 spiro atoms. The minimum atomic E-state index is -1.28. The molecule has 0 bridgehead atoms. The summed E-state index contributed by atoms with van der Waals surface area (Å²) in [7, 11) is 1.60. The van der Waals surface area contributed by atoms with Crippen LogP contribution in [0.5, 0.6) is 11.5 Å². The zero-order valence-corrected chi connectivity index (χ0v) is 17.6. The van der Waals surface area contributed by atoms with Gasteiger partial charge in [0, 0.05) is 12.0 Å². The number of carboxylic acid groups (broad SMARTS) is 1. The van der Waals surface area contributed by atoms with Crippen LogP contribution in [-0.4, -0.2) is 36.1 Å². The van der Waals surface area contributed by atoms with Crippen molar-refractivity contribution in [3.63, 3.8) is 0 Å². The van der Waals surface area contributed by atoms with E-state index in [0.717, 1.165) is 31.2 Å². The molecule has 1 heterocycles. The summed E-state index contributed by atoms with van der Waals surface area (Å²) in [6.07, 6.45) is 4.79. The molecule has 1 atom stereocenters. The van der Waals surface area contributed by atoms with Gasteiger partial charge < -0.3 is 19.4 Å². The van der Waals surface area contributed by atoms with Gasteiger partial charge in [0.2, 0.25) is 5.60 Å². The summed E-state index contributed by atoms with van der Waals surface area (Å²) in [5.74, 6) is 0.275. The van der Waals surface area contributed by atoms with E-state index in [9.17, 15) is 9.90 Å². The number of aryl methyl sites for hydroxylation is 1. The molecule has 2 aromatic rings. The van der Waals surface area contributed by atoms with E-state index < -0.39 is 11.6 Å². The molecule has 0 amide bonds. The van der Waals surface area contributed by atoms with E-state index >= 15 is 0 Å². The lowest BCUT2D eigenvalue weighted by molar-refractivity contribution is -0.162. The maximum Gasteiger partial charge on any atom is 0.351 e. The van der Waals surface area contributed by atoms with Crippen LogP contribution >= 0.6 is 0 Å². The highest BCUT2D eigenvalue weighted by atomic mass is 16.7. The number of hydrogen-bond acceptors (Lipinski definition) is 5. The van der Waals surface area contributed by atoms with E-state index in [1.165, 1.54) is 5.56 Å². The van der Waals surface area contributed by atoms with Gasteiger partial charge in [-0.2, -0.15) is 0 Å². The Morgan fingerprint density at radius 1 is 1.13 bits per heavy atom. The molecule has 0 aliphatic carbocycles. The quantitative estimate of drug-likeness (QED) is 0.535. The number of carbonyl (C=O) groups is 1. The van der Waals surface area contributed by atoms with Gasteiger partial charge in [0.25, 0.3) is 0 Å². The first-order valence-electron chi connectivity index (χ1n) is 10.4. The molecule has 0 saturated heterocycles. The van der Waals surface area contributed by atoms with Crippen molar-refractivity contribution in [2.75, 3.05) is 13.7 Å². The highest BCUT2D eigenvalue weighted by Gasteiger charge is 2.45. The summed E-state index contributed by atoms with van der Waals surface area (Å²) >= 11 is 0. The third-order valence-electron chi connectivity index (χ3n) is 5.45. The van der Waals surface area contributed by atoms with Gasteiger partial charge in [-0.25, -0.2) is 4.79 Å². The molecule has 3 rings (SSSR count). The number of oxime groups is 1. The van der Waals surface area contributed by atoms with Gasteiger partial charge in [0.15, 0.2) is 11.5 Å². The van der Waals surface area contributed by atoms with E-state index in [0.29, 0.717) is 30.2 Å². The summed E-state index contributed by atoms with van der Waals surface area (Å²) < 4.78 is 11.4. The number of benzene rings is 2. The lowest BCUT2D eigenvalue weighted by Crippen LogP contribution is -2.38. The first kappa shape index (κ1) is 21.7. The Balaban J connectivity index is 1.54. The molecular formula is C24H29NO5. The van der Waals surface area contributed by atoms with Crippen LogP contribution in [0, 0.1) is 0 Å². The zero-order chi connectivity index (χ0) is 21.4. The van der Waals surface area contributed by atoms with Crippen molar-refractivity contribution < 1.29 is 24.2 Å². The molecule has 6 heteroatoms. The molecule has 160 valence electrons. The van der Waals surface area contributed by atoms with Crippen LogP contribution in [0.4, 0.5) is 0 Å². The average Bonchev–Trinajstić information content (AvgIpc) is 3.23. The van der Waals surface area contributed by atoms with Crippen LogP contribution in [0.15, 0.2) is 53.7 Å². The number of nitrogens with zero attached hydrogens (tertiary/aromatic N) is 1. The smallest absolute Gasteiger partial charge is 0.351 e. The molecule has 0 fully saturated rings. The summed E-state index contributed by atoms with van der Waals surface area (Å²) in [5.41, 5.74) is 1.47. The van der Waals surface area contributed by atoms with Gasteiger partial charge in [-0.05, 0) is 55.9 Å². The number of aliphatic carboxylic acids is 1. The summed E-state index contributed by atoms with van der Waals surface area (Å²) in [6, 6.07) is 16.0. The van der Waals surface area contributed by atoms with E-state index in [1.54, 1.807) is 14.0 Å². The lowest BCUT2D eigenvalue weighted by Gasteiger charge is -2.19. The zero-order valence-electron chi connectivity index (χ0n) is 17.6. The number of rotatable bonds is 11. The van der Waals surface area contributed by atoms with Crippen molar-refractivity contribution >= 4 is 11.7 Å². The second-order valence-electron chi connectivity index (χ2n) is 7.47. The molecule has 2 aromatic carbocycles. The third kappa shape index (κ3) is 5.12. The fourth-order valence-electron chi connectivity index (χ4n) is 3.49. The predicted molar refractivity (Wildman–Crippen MR) is 115 cm³/mol. The number of hydrogen-bond donors (Lipinski definition) is 1. The Labute approximate surface area is 177 Å². The summed E-state index contributed by atoms with van der Waals surface area (Å²) in [6.45, 7) is 2.37. The molecule has 0 saturated carbocycles. The Bertz CT molecular complexity index is 880. The van der Waals surface area contributed by atoms with Crippen molar-refractivity contribution in [1.29, 1.82) is 0 Å². The molecule has 0 aromatic heterocycles. The molecule has 6 nitrogen and oxygen atoms in total. The van der Waals surface area contributed by atoms with Crippen molar-refractivity contribution in [2.45, 2.75) is 51.0 Å². The third-order valence-corrected chi connectivity index (χ3v) is 5.45. The van der Waals surface area contributed by atoms with Gasteiger partial charge in [-0.1, -0.05) is 42.4 Å². The SMILES string of the molecule is CCC1(C(=O)O)CC(c2ccc(OC)c(OCCCCCc3ccccc3)c2)=NO1. The lowest BCUT2D eigenvalue weighted by atomic mass is 9.92. The van der Waals surface area contributed by atoms with E-state index in [1.807, 2.05) is 24.3 Å². The van der Waals surface area contributed by atoms with Crippen molar-refractivity contribution in [1.82, 2.24) is 0 Å². The van der Waals surface area contributed by atoms with Crippen LogP contribution in [0.25, 0.3) is 0 Å². The predicted octanol–water partition coefficient (Wildman–Crippen LogP) is 4.84. The first-order chi connectivity index (χ1) is 14.6. The minimum Gasteiger partial charge on any atom is -0.493 e. The van der Waals surface area contributed by atoms with Crippen LogP contribution in [-0.2, 0) is 16.1 Å². The van der Waals surface area contributed by atoms with Crippen molar-refractivity contribution in [3.8, 4) is 11.5 Å². The second kappa shape index (κ2) is 10.1. The van der Waals surface area contributed by atoms with Crippen molar-refractivity contribution in [3.05, 3.63) is 59.7 Å². The van der Waals surface area contributed by atoms with Crippen LogP contribution in [0.3, 0.4) is 0 Å².